The molecule has 1 aliphatic rings. The van der Waals surface area contributed by atoms with Gasteiger partial charge in [-0.05, 0) is 13.0 Å². The first-order chi connectivity index (χ1) is 12.4. The molecular formula is C16H15F3N6O. The highest BCUT2D eigenvalue weighted by molar-refractivity contribution is 5.58. The molecule has 4 rings (SSSR count). The van der Waals surface area contributed by atoms with Crippen molar-refractivity contribution in [2.75, 3.05) is 24.6 Å². The van der Waals surface area contributed by atoms with Gasteiger partial charge in [0.25, 0.3) is 0 Å². The number of nitrogens with zero attached hydrogens (tertiary/aromatic N) is 6. The zero-order valence-electron chi connectivity index (χ0n) is 13.8. The van der Waals surface area contributed by atoms with E-state index in [1.165, 1.54) is 10.6 Å². The summed E-state index contributed by atoms with van der Waals surface area (Å²) in [5.74, 6) is 0.999. The molecule has 0 aromatic carbocycles. The van der Waals surface area contributed by atoms with Crippen molar-refractivity contribution in [3.8, 4) is 11.5 Å². The van der Waals surface area contributed by atoms with Crippen molar-refractivity contribution in [2.24, 2.45) is 0 Å². The van der Waals surface area contributed by atoms with Crippen LogP contribution in [0.5, 0.6) is 0 Å². The molecule has 136 valence electrons. The van der Waals surface area contributed by atoms with Crippen molar-refractivity contribution in [3.63, 3.8) is 0 Å². The van der Waals surface area contributed by atoms with Gasteiger partial charge >= 0.3 is 6.18 Å². The second kappa shape index (κ2) is 6.20. The summed E-state index contributed by atoms with van der Waals surface area (Å²) in [5.41, 5.74) is -0.333. The Bertz CT molecular complexity index is 941. The predicted molar refractivity (Wildman–Crippen MR) is 86.6 cm³/mol. The van der Waals surface area contributed by atoms with Crippen LogP contribution in [0.3, 0.4) is 0 Å². The Morgan fingerprint density at radius 3 is 2.81 bits per heavy atom. The van der Waals surface area contributed by atoms with Crippen molar-refractivity contribution in [2.45, 2.75) is 19.2 Å². The van der Waals surface area contributed by atoms with Crippen molar-refractivity contribution >= 4 is 11.5 Å². The van der Waals surface area contributed by atoms with E-state index >= 15 is 0 Å². The Balaban J connectivity index is 1.74. The number of alkyl halides is 3. The molecule has 1 fully saturated rings. The highest BCUT2D eigenvalue weighted by Gasteiger charge is 2.33. The average molecular weight is 364 g/mol. The van der Waals surface area contributed by atoms with Crippen LogP contribution in [0.15, 0.2) is 30.9 Å². The van der Waals surface area contributed by atoms with E-state index in [1.54, 1.807) is 12.3 Å². The lowest BCUT2D eigenvalue weighted by Crippen LogP contribution is -2.41. The highest BCUT2D eigenvalue weighted by atomic mass is 19.4. The first-order valence-corrected chi connectivity index (χ1v) is 8.02. The van der Waals surface area contributed by atoms with E-state index in [1.807, 2.05) is 6.92 Å². The van der Waals surface area contributed by atoms with Crippen LogP contribution in [0.2, 0.25) is 0 Å². The summed E-state index contributed by atoms with van der Waals surface area (Å²) < 4.78 is 45.7. The number of anilines is 1. The summed E-state index contributed by atoms with van der Waals surface area (Å²) in [6.07, 6.45) is 0.562. The van der Waals surface area contributed by atoms with Gasteiger partial charge in [0.1, 0.15) is 11.5 Å². The number of halogens is 3. The van der Waals surface area contributed by atoms with Crippen LogP contribution in [0.25, 0.3) is 17.2 Å². The maximum absolute atomic E-state index is 13.0. The van der Waals surface area contributed by atoms with Gasteiger partial charge in [-0.3, -0.25) is 4.40 Å². The Morgan fingerprint density at radius 1 is 1.19 bits per heavy atom. The largest absolute Gasteiger partial charge is 0.434 e. The molecule has 10 heteroatoms. The number of fused-ring (bicyclic) bond motifs is 1. The van der Waals surface area contributed by atoms with Gasteiger partial charge in [0.15, 0.2) is 17.2 Å². The van der Waals surface area contributed by atoms with Crippen LogP contribution in [-0.2, 0) is 10.9 Å². The van der Waals surface area contributed by atoms with E-state index in [0.717, 1.165) is 12.4 Å². The monoisotopic (exact) mass is 364 g/mol. The van der Waals surface area contributed by atoms with E-state index in [0.29, 0.717) is 42.7 Å². The number of ether oxygens (including phenoxy) is 1. The minimum Gasteiger partial charge on any atom is -0.375 e. The molecule has 26 heavy (non-hydrogen) atoms. The Kier molecular flexibility index (Phi) is 3.98. The fourth-order valence-electron chi connectivity index (χ4n) is 2.88. The molecule has 1 aliphatic heterocycles. The number of morpholine rings is 1. The second-order valence-electron chi connectivity index (χ2n) is 6.01. The van der Waals surface area contributed by atoms with E-state index < -0.39 is 11.9 Å². The first-order valence-electron chi connectivity index (χ1n) is 8.02. The van der Waals surface area contributed by atoms with Crippen molar-refractivity contribution in [1.82, 2.24) is 24.3 Å². The standard InChI is InChI=1S/C16H15F3N6O/c1-10-8-24(4-5-26-10)13-2-3-20-15(23-13)11-6-22-14-7-21-12(9-25(11)14)16(17,18)19/h2-3,6-7,9-10H,4-5,8H2,1H3. The summed E-state index contributed by atoms with van der Waals surface area (Å²) in [5, 5.41) is 0. The minimum absolute atomic E-state index is 0.0818. The molecule has 1 saturated heterocycles. The number of hydrogen-bond donors (Lipinski definition) is 0. The molecule has 0 amide bonds. The van der Waals surface area contributed by atoms with Gasteiger partial charge in [0, 0.05) is 25.5 Å². The molecule has 4 heterocycles. The molecule has 0 radical (unpaired) electrons. The lowest BCUT2D eigenvalue weighted by atomic mass is 10.3. The minimum atomic E-state index is -4.54. The Morgan fingerprint density at radius 2 is 2.04 bits per heavy atom. The van der Waals surface area contributed by atoms with Gasteiger partial charge in [-0.1, -0.05) is 0 Å². The van der Waals surface area contributed by atoms with Crippen molar-refractivity contribution in [3.05, 3.63) is 36.5 Å². The van der Waals surface area contributed by atoms with Crippen LogP contribution in [-0.4, -0.2) is 50.1 Å². The highest BCUT2D eigenvalue weighted by Crippen LogP contribution is 2.28. The summed E-state index contributed by atoms with van der Waals surface area (Å²) in [6, 6.07) is 1.77. The summed E-state index contributed by atoms with van der Waals surface area (Å²) >= 11 is 0. The van der Waals surface area contributed by atoms with Gasteiger partial charge in [-0.15, -0.1) is 0 Å². The van der Waals surface area contributed by atoms with Crippen LogP contribution in [0, 0.1) is 0 Å². The Hall–Kier alpha value is -2.75. The summed E-state index contributed by atoms with van der Waals surface area (Å²) in [4.78, 5) is 18.3. The second-order valence-corrected chi connectivity index (χ2v) is 6.01. The van der Waals surface area contributed by atoms with E-state index in [4.69, 9.17) is 4.74 Å². The topological polar surface area (TPSA) is 68.4 Å². The maximum atomic E-state index is 13.0. The molecule has 1 atom stereocenters. The summed E-state index contributed by atoms with van der Waals surface area (Å²) in [7, 11) is 0. The van der Waals surface area contributed by atoms with E-state index in [-0.39, 0.29) is 6.10 Å². The average Bonchev–Trinajstić information content (AvgIpc) is 3.04. The molecular weight excluding hydrogens is 349 g/mol. The third-order valence-corrected chi connectivity index (χ3v) is 4.12. The quantitative estimate of drug-likeness (QED) is 0.696. The van der Waals surface area contributed by atoms with Crippen LogP contribution >= 0.6 is 0 Å². The normalized spacial score (nSPS) is 18.5. The van der Waals surface area contributed by atoms with Crippen LogP contribution in [0.1, 0.15) is 12.6 Å². The zero-order valence-corrected chi connectivity index (χ0v) is 13.8. The first kappa shape index (κ1) is 16.7. The molecule has 3 aromatic heterocycles. The zero-order chi connectivity index (χ0) is 18.3. The molecule has 0 spiro atoms. The van der Waals surface area contributed by atoms with Gasteiger partial charge in [0.05, 0.1) is 25.1 Å². The van der Waals surface area contributed by atoms with Gasteiger partial charge in [0.2, 0.25) is 0 Å². The van der Waals surface area contributed by atoms with Crippen molar-refractivity contribution in [1.29, 1.82) is 0 Å². The molecule has 0 saturated carbocycles. The van der Waals surface area contributed by atoms with E-state index in [2.05, 4.69) is 24.8 Å². The number of imidazole rings is 1. The van der Waals surface area contributed by atoms with Gasteiger partial charge in [-0.25, -0.2) is 19.9 Å². The summed E-state index contributed by atoms with van der Waals surface area (Å²) in [6.45, 7) is 3.95. The molecule has 0 N–H and O–H groups in total. The SMILES string of the molecule is CC1CN(c2ccnc(-c3cnc4cnc(C(F)(F)F)cn34)n2)CCO1. The van der Waals surface area contributed by atoms with Gasteiger partial charge in [-0.2, -0.15) is 13.2 Å². The van der Waals surface area contributed by atoms with Crippen LogP contribution < -0.4 is 4.90 Å². The third kappa shape index (κ3) is 3.07. The predicted octanol–water partition coefficient (Wildman–Crippen LogP) is 2.43. The molecule has 0 aliphatic carbocycles. The fraction of sp³-hybridized carbons (Fsp3) is 0.375. The number of aromatic nitrogens is 5. The van der Waals surface area contributed by atoms with Crippen molar-refractivity contribution < 1.29 is 17.9 Å². The number of rotatable bonds is 2. The molecule has 1 unspecified atom stereocenters. The lowest BCUT2D eigenvalue weighted by Gasteiger charge is -2.32. The molecule has 7 nitrogen and oxygen atoms in total. The molecule has 3 aromatic rings. The van der Waals surface area contributed by atoms with E-state index in [9.17, 15) is 13.2 Å². The molecule has 0 bridgehead atoms. The lowest BCUT2D eigenvalue weighted by molar-refractivity contribution is -0.141. The number of hydrogen-bond acceptors (Lipinski definition) is 6. The Labute approximate surface area is 146 Å². The fourth-order valence-corrected chi connectivity index (χ4v) is 2.88. The third-order valence-electron chi connectivity index (χ3n) is 4.12. The smallest absolute Gasteiger partial charge is 0.375 e. The van der Waals surface area contributed by atoms with Crippen LogP contribution in [0.4, 0.5) is 19.0 Å². The maximum Gasteiger partial charge on any atom is 0.434 e. The van der Waals surface area contributed by atoms with Gasteiger partial charge < -0.3 is 9.64 Å².